The van der Waals surface area contributed by atoms with Gasteiger partial charge in [-0.15, -0.1) is 0 Å². The predicted octanol–water partition coefficient (Wildman–Crippen LogP) is 4.20. The van der Waals surface area contributed by atoms with Gasteiger partial charge in [0.15, 0.2) is 0 Å². The Labute approximate surface area is 112 Å². The van der Waals surface area contributed by atoms with E-state index in [9.17, 15) is 0 Å². The van der Waals surface area contributed by atoms with Gasteiger partial charge < -0.3 is 5.73 Å². The maximum Gasteiger partial charge on any atom is 0.00783 e. The van der Waals surface area contributed by atoms with Crippen molar-refractivity contribution in [2.24, 2.45) is 5.73 Å². The first kappa shape index (κ1) is 13.6. The van der Waals surface area contributed by atoms with Crippen molar-refractivity contribution >= 4 is 0 Å². The van der Waals surface area contributed by atoms with Crippen LogP contribution < -0.4 is 5.73 Å². The number of benzene rings is 1. The number of nitrogens with two attached hydrogens (primary N) is 1. The highest BCUT2D eigenvalue weighted by molar-refractivity contribution is 5.44. The summed E-state index contributed by atoms with van der Waals surface area (Å²) in [6.07, 6.45) is 5.21. The standard InChI is InChI=1S/C17H27N/c1-12(2)15-9-13(3)14(4)16(10-15)17(11-18)7-5-6-8-17/h9-10,12H,5-8,11,18H2,1-4H3. The van der Waals surface area contributed by atoms with Gasteiger partial charge in [-0.2, -0.15) is 0 Å². The van der Waals surface area contributed by atoms with Gasteiger partial charge in [0, 0.05) is 12.0 Å². The Balaban J connectivity index is 2.54. The van der Waals surface area contributed by atoms with E-state index in [1.165, 1.54) is 47.9 Å². The Morgan fingerprint density at radius 2 is 1.78 bits per heavy atom. The Morgan fingerprint density at radius 1 is 1.17 bits per heavy atom. The van der Waals surface area contributed by atoms with Gasteiger partial charge in [0.1, 0.15) is 0 Å². The Morgan fingerprint density at radius 3 is 2.28 bits per heavy atom. The summed E-state index contributed by atoms with van der Waals surface area (Å²) in [5.74, 6) is 0.597. The smallest absolute Gasteiger partial charge is 0.00783 e. The van der Waals surface area contributed by atoms with E-state index < -0.39 is 0 Å². The van der Waals surface area contributed by atoms with Gasteiger partial charge in [-0.1, -0.05) is 38.8 Å². The normalized spacial score (nSPS) is 18.6. The minimum Gasteiger partial charge on any atom is -0.330 e. The fourth-order valence-electron chi connectivity index (χ4n) is 3.41. The first-order valence-electron chi connectivity index (χ1n) is 7.32. The molecular formula is C17H27N. The molecule has 0 bridgehead atoms. The largest absolute Gasteiger partial charge is 0.330 e. The molecule has 0 amide bonds. The van der Waals surface area contributed by atoms with E-state index in [1.807, 2.05) is 0 Å². The van der Waals surface area contributed by atoms with E-state index in [4.69, 9.17) is 5.73 Å². The quantitative estimate of drug-likeness (QED) is 0.848. The van der Waals surface area contributed by atoms with Crippen molar-refractivity contribution < 1.29 is 0 Å². The molecule has 1 nitrogen and oxygen atoms in total. The Kier molecular flexibility index (Phi) is 3.82. The van der Waals surface area contributed by atoms with Crippen molar-refractivity contribution in [3.8, 4) is 0 Å². The van der Waals surface area contributed by atoms with Crippen LogP contribution in [0.4, 0.5) is 0 Å². The van der Waals surface area contributed by atoms with Crippen LogP contribution in [-0.2, 0) is 5.41 Å². The molecule has 2 N–H and O–H groups in total. The molecule has 0 radical (unpaired) electrons. The monoisotopic (exact) mass is 245 g/mol. The van der Waals surface area contributed by atoms with Gasteiger partial charge in [0.2, 0.25) is 0 Å². The summed E-state index contributed by atoms with van der Waals surface area (Å²) in [4.78, 5) is 0. The number of hydrogen-bond acceptors (Lipinski definition) is 1. The molecule has 18 heavy (non-hydrogen) atoms. The zero-order valence-corrected chi connectivity index (χ0v) is 12.3. The molecule has 1 aromatic carbocycles. The van der Waals surface area contributed by atoms with Crippen LogP contribution in [0, 0.1) is 13.8 Å². The third kappa shape index (κ3) is 2.21. The van der Waals surface area contributed by atoms with Crippen LogP contribution in [0.15, 0.2) is 12.1 Å². The summed E-state index contributed by atoms with van der Waals surface area (Å²) >= 11 is 0. The molecule has 0 aromatic heterocycles. The second-order valence-corrected chi connectivity index (χ2v) is 6.36. The van der Waals surface area contributed by atoms with Crippen LogP contribution in [0.25, 0.3) is 0 Å². The van der Waals surface area contributed by atoms with Crippen molar-refractivity contribution in [3.63, 3.8) is 0 Å². The second kappa shape index (κ2) is 5.05. The minimum absolute atomic E-state index is 0.264. The van der Waals surface area contributed by atoms with Crippen molar-refractivity contribution in [2.45, 2.75) is 64.7 Å². The second-order valence-electron chi connectivity index (χ2n) is 6.36. The van der Waals surface area contributed by atoms with Crippen LogP contribution in [0.1, 0.15) is 67.7 Å². The fourth-order valence-corrected chi connectivity index (χ4v) is 3.41. The summed E-state index contributed by atoms with van der Waals surface area (Å²) in [5.41, 5.74) is 12.3. The van der Waals surface area contributed by atoms with E-state index in [0.29, 0.717) is 5.92 Å². The predicted molar refractivity (Wildman–Crippen MR) is 79.2 cm³/mol. The summed E-state index contributed by atoms with van der Waals surface area (Å²) in [5, 5.41) is 0. The molecule has 0 atom stereocenters. The van der Waals surface area contributed by atoms with Crippen LogP contribution >= 0.6 is 0 Å². The summed E-state index contributed by atoms with van der Waals surface area (Å²) < 4.78 is 0. The molecule has 0 unspecified atom stereocenters. The van der Waals surface area contributed by atoms with E-state index in [1.54, 1.807) is 0 Å². The topological polar surface area (TPSA) is 26.0 Å². The lowest BCUT2D eigenvalue weighted by molar-refractivity contribution is 0.449. The first-order valence-corrected chi connectivity index (χ1v) is 7.32. The SMILES string of the molecule is Cc1cc(C(C)C)cc(C2(CN)CCCC2)c1C. The summed E-state index contributed by atoms with van der Waals surface area (Å²) in [7, 11) is 0. The molecule has 1 heteroatoms. The van der Waals surface area contributed by atoms with Crippen LogP contribution in [0.3, 0.4) is 0 Å². The highest BCUT2D eigenvalue weighted by atomic mass is 14.6. The average molecular weight is 245 g/mol. The molecule has 2 rings (SSSR count). The van der Waals surface area contributed by atoms with Gasteiger partial charge in [-0.25, -0.2) is 0 Å². The maximum atomic E-state index is 6.15. The first-order chi connectivity index (χ1) is 8.50. The van der Waals surface area contributed by atoms with E-state index >= 15 is 0 Å². The third-order valence-corrected chi connectivity index (χ3v) is 4.88. The molecular weight excluding hydrogens is 218 g/mol. The van der Waals surface area contributed by atoms with E-state index in [0.717, 1.165) is 6.54 Å². The zero-order chi connectivity index (χ0) is 13.3. The molecule has 0 heterocycles. The van der Waals surface area contributed by atoms with Crippen LogP contribution in [0.5, 0.6) is 0 Å². The number of aryl methyl sites for hydroxylation is 1. The van der Waals surface area contributed by atoms with Crippen molar-refractivity contribution in [2.75, 3.05) is 6.54 Å². The average Bonchev–Trinajstić information content (AvgIpc) is 2.82. The van der Waals surface area contributed by atoms with Crippen LogP contribution in [-0.4, -0.2) is 6.54 Å². The molecule has 1 aliphatic rings. The fraction of sp³-hybridized carbons (Fsp3) is 0.647. The third-order valence-electron chi connectivity index (χ3n) is 4.88. The molecule has 1 saturated carbocycles. The highest BCUT2D eigenvalue weighted by Crippen LogP contribution is 2.43. The Bertz CT molecular complexity index is 425. The van der Waals surface area contributed by atoms with Gasteiger partial charge in [-0.3, -0.25) is 0 Å². The molecule has 0 spiro atoms. The van der Waals surface area contributed by atoms with Crippen molar-refractivity contribution in [3.05, 3.63) is 34.4 Å². The molecule has 0 saturated heterocycles. The van der Waals surface area contributed by atoms with Gasteiger partial charge in [-0.05, 0) is 54.9 Å². The number of rotatable bonds is 3. The van der Waals surface area contributed by atoms with Gasteiger partial charge >= 0.3 is 0 Å². The molecule has 1 aliphatic carbocycles. The summed E-state index contributed by atoms with van der Waals surface area (Å²) in [6.45, 7) is 9.86. The zero-order valence-electron chi connectivity index (χ0n) is 12.3. The lowest BCUT2D eigenvalue weighted by atomic mass is 9.75. The van der Waals surface area contributed by atoms with E-state index in [-0.39, 0.29) is 5.41 Å². The van der Waals surface area contributed by atoms with Crippen LogP contribution in [0.2, 0.25) is 0 Å². The molecule has 100 valence electrons. The molecule has 1 aromatic rings. The van der Waals surface area contributed by atoms with Crippen molar-refractivity contribution in [1.82, 2.24) is 0 Å². The Hall–Kier alpha value is -0.820. The minimum atomic E-state index is 0.264. The molecule has 1 fully saturated rings. The van der Waals surface area contributed by atoms with Gasteiger partial charge in [0.05, 0.1) is 0 Å². The lowest BCUT2D eigenvalue weighted by Gasteiger charge is -2.31. The molecule has 0 aliphatic heterocycles. The van der Waals surface area contributed by atoms with Crippen molar-refractivity contribution in [1.29, 1.82) is 0 Å². The maximum absolute atomic E-state index is 6.15. The summed E-state index contributed by atoms with van der Waals surface area (Å²) in [6, 6.07) is 4.79. The highest BCUT2D eigenvalue weighted by Gasteiger charge is 2.35. The van der Waals surface area contributed by atoms with Gasteiger partial charge in [0.25, 0.3) is 0 Å². The lowest BCUT2D eigenvalue weighted by Crippen LogP contribution is -2.33. The van der Waals surface area contributed by atoms with E-state index in [2.05, 4.69) is 39.8 Å². The number of hydrogen-bond donors (Lipinski definition) is 1.